The predicted molar refractivity (Wildman–Crippen MR) is 80.0 cm³/mol. The molecule has 1 aliphatic rings. The van der Waals surface area contributed by atoms with Gasteiger partial charge in [-0.05, 0) is 30.7 Å². The van der Waals surface area contributed by atoms with Crippen LogP contribution in [-0.4, -0.2) is 24.9 Å². The average Bonchev–Trinajstić information content (AvgIpc) is 2.30. The van der Waals surface area contributed by atoms with Crippen LogP contribution in [0.15, 0.2) is 29.3 Å². The van der Waals surface area contributed by atoms with Gasteiger partial charge < -0.3 is 16.0 Å². The molecule has 1 aliphatic heterocycles. The van der Waals surface area contributed by atoms with Crippen molar-refractivity contribution in [2.24, 2.45) is 0 Å². The molecule has 2 rings (SSSR count). The standard InChI is InChI=1S/C14H16ClN3O2/c1-8(10-6-16-7-10)14(20)18-11-3-4-13(12(15)5-11)17-9(2)19/h3-5,16H,6-7H2,1-2H3,(H,17,19)(H,18,20). The zero-order valence-electron chi connectivity index (χ0n) is 11.3. The molecule has 0 aromatic heterocycles. The van der Waals surface area contributed by atoms with E-state index in [9.17, 15) is 9.59 Å². The quantitative estimate of drug-likeness (QED) is 0.748. The van der Waals surface area contributed by atoms with Crippen LogP contribution in [0.5, 0.6) is 0 Å². The summed E-state index contributed by atoms with van der Waals surface area (Å²) < 4.78 is 0. The van der Waals surface area contributed by atoms with Crippen LogP contribution in [0.3, 0.4) is 0 Å². The number of nitrogens with one attached hydrogen (secondary N) is 3. The van der Waals surface area contributed by atoms with E-state index in [-0.39, 0.29) is 11.8 Å². The second-order valence-electron chi connectivity index (χ2n) is 4.66. The van der Waals surface area contributed by atoms with Crippen LogP contribution in [0, 0.1) is 0 Å². The minimum absolute atomic E-state index is 0.134. The first-order valence-electron chi connectivity index (χ1n) is 6.25. The van der Waals surface area contributed by atoms with E-state index >= 15 is 0 Å². The summed E-state index contributed by atoms with van der Waals surface area (Å²) in [6.07, 6.45) is 0. The van der Waals surface area contributed by atoms with Crippen LogP contribution in [0.2, 0.25) is 5.02 Å². The Kier molecular flexibility index (Phi) is 4.42. The van der Waals surface area contributed by atoms with E-state index in [4.69, 9.17) is 11.6 Å². The van der Waals surface area contributed by atoms with E-state index in [1.165, 1.54) is 6.92 Å². The van der Waals surface area contributed by atoms with Crippen LogP contribution in [0.4, 0.5) is 11.4 Å². The zero-order chi connectivity index (χ0) is 14.7. The summed E-state index contributed by atoms with van der Waals surface area (Å²) in [5.74, 6) is -0.327. The van der Waals surface area contributed by atoms with E-state index in [1.807, 2.05) is 0 Å². The highest BCUT2D eigenvalue weighted by Crippen LogP contribution is 2.26. The summed E-state index contributed by atoms with van der Waals surface area (Å²) in [6, 6.07) is 4.97. The van der Waals surface area contributed by atoms with Crippen molar-refractivity contribution in [3.63, 3.8) is 0 Å². The molecule has 20 heavy (non-hydrogen) atoms. The van der Waals surface area contributed by atoms with Crippen molar-refractivity contribution < 1.29 is 9.59 Å². The molecule has 1 aromatic carbocycles. The molecule has 2 amide bonds. The van der Waals surface area contributed by atoms with E-state index in [1.54, 1.807) is 25.1 Å². The lowest BCUT2D eigenvalue weighted by Gasteiger charge is -2.21. The number of amides is 2. The average molecular weight is 294 g/mol. The van der Waals surface area contributed by atoms with Gasteiger partial charge in [0.2, 0.25) is 5.91 Å². The van der Waals surface area contributed by atoms with Crippen molar-refractivity contribution in [2.45, 2.75) is 13.8 Å². The first-order chi connectivity index (χ1) is 9.47. The number of hydrogen-bond acceptors (Lipinski definition) is 3. The maximum absolute atomic E-state index is 12.0. The number of anilines is 2. The van der Waals surface area contributed by atoms with E-state index in [0.29, 0.717) is 16.4 Å². The van der Waals surface area contributed by atoms with Crippen LogP contribution >= 0.6 is 11.6 Å². The van der Waals surface area contributed by atoms with Crippen molar-refractivity contribution in [3.8, 4) is 0 Å². The van der Waals surface area contributed by atoms with Crippen molar-refractivity contribution in [3.05, 3.63) is 34.4 Å². The van der Waals surface area contributed by atoms with Gasteiger partial charge in [0.1, 0.15) is 0 Å². The van der Waals surface area contributed by atoms with Gasteiger partial charge >= 0.3 is 0 Å². The number of carbonyl (C=O) groups is 2. The highest BCUT2D eigenvalue weighted by atomic mass is 35.5. The van der Waals surface area contributed by atoms with Crippen molar-refractivity contribution in [1.82, 2.24) is 5.32 Å². The number of benzene rings is 1. The zero-order valence-corrected chi connectivity index (χ0v) is 12.1. The molecule has 1 saturated heterocycles. The highest BCUT2D eigenvalue weighted by molar-refractivity contribution is 6.34. The molecule has 106 valence electrons. The third-order valence-electron chi connectivity index (χ3n) is 3.09. The van der Waals surface area contributed by atoms with Gasteiger partial charge in [0.25, 0.3) is 5.91 Å². The lowest BCUT2D eigenvalue weighted by Crippen LogP contribution is -2.36. The van der Waals surface area contributed by atoms with Gasteiger partial charge in [-0.1, -0.05) is 11.6 Å². The molecule has 0 spiro atoms. The summed E-state index contributed by atoms with van der Waals surface area (Å²) in [5, 5.41) is 8.88. The fourth-order valence-electron chi connectivity index (χ4n) is 1.78. The molecule has 1 aromatic rings. The second-order valence-corrected chi connectivity index (χ2v) is 5.07. The van der Waals surface area contributed by atoms with E-state index in [2.05, 4.69) is 16.0 Å². The maximum Gasteiger partial charge on any atom is 0.251 e. The largest absolute Gasteiger partial charge is 0.325 e. The van der Waals surface area contributed by atoms with Crippen LogP contribution in [0.1, 0.15) is 13.8 Å². The van der Waals surface area contributed by atoms with Crippen molar-refractivity contribution in [2.75, 3.05) is 23.7 Å². The third-order valence-corrected chi connectivity index (χ3v) is 3.40. The fourth-order valence-corrected chi connectivity index (χ4v) is 2.01. The van der Waals surface area contributed by atoms with Crippen molar-refractivity contribution >= 4 is 34.8 Å². The van der Waals surface area contributed by atoms with E-state index in [0.717, 1.165) is 24.2 Å². The molecular weight excluding hydrogens is 278 g/mol. The third kappa shape index (κ3) is 3.37. The van der Waals surface area contributed by atoms with Crippen LogP contribution in [0.25, 0.3) is 0 Å². The molecule has 0 aliphatic carbocycles. The topological polar surface area (TPSA) is 70.2 Å². The Labute approximate surface area is 122 Å². The summed E-state index contributed by atoms with van der Waals surface area (Å²) >= 11 is 6.05. The molecule has 5 nitrogen and oxygen atoms in total. The van der Waals surface area contributed by atoms with Gasteiger partial charge in [-0.2, -0.15) is 0 Å². The van der Waals surface area contributed by atoms with Gasteiger partial charge in [0, 0.05) is 31.3 Å². The Hall–Kier alpha value is -1.85. The molecule has 0 bridgehead atoms. The summed E-state index contributed by atoms with van der Waals surface area (Å²) in [6.45, 7) is 4.75. The van der Waals surface area contributed by atoms with Crippen LogP contribution in [-0.2, 0) is 9.59 Å². The first-order valence-corrected chi connectivity index (χ1v) is 6.63. The Morgan fingerprint density at radius 2 is 1.90 bits per heavy atom. The summed E-state index contributed by atoms with van der Waals surface area (Å²) in [5.41, 5.74) is 2.96. The lowest BCUT2D eigenvalue weighted by molar-refractivity contribution is -0.114. The summed E-state index contributed by atoms with van der Waals surface area (Å²) in [4.78, 5) is 23.0. The smallest absolute Gasteiger partial charge is 0.251 e. The molecule has 0 radical (unpaired) electrons. The Bertz CT molecular complexity index is 590. The Morgan fingerprint density at radius 1 is 1.20 bits per heavy atom. The predicted octanol–water partition coefficient (Wildman–Crippen LogP) is 2.16. The molecule has 3 N–H and O–H groups in total. The van der Waals surface area contributed by atoms with E-state index < -0.39 is 0 Å². The Balaban J connectivity index is 2.08. The monoisotopic (exact) mass is 293 g/mol. The highest BCUT2D eigenvalue weighted by Gasteiger charge is 2.16. The normalized spacial score (nSPS) is 13.4. The molecule has 1 heterocycles. The van der Waals surface area contributed by atoms with Crippen LogP contribution < -0.4 is 16.0 Å². The van der Waals surface area contributed by atoms with Gasteiger partial charge in [-0.25, -0.2) is 0 Å². The number of rotatable bonds is 3. The van der Waals surface area contributed by atoms with Gasteiger partial charge in [-0.3, -0.25) is 9.59 Å². The number of hydrogen-bond donors (Lipinski definition) is 3. The summed E-state index contributed by atoms with van der Waals surface area (Å²) in [7, 11) is 0. The number of halogens is 1. The molecule has 6 heteroatoms. The fraction of sp³-hybridized carbons (Fsp3) is 0.286. The molecule has 1 fully saturated rings. The minimum atomic E-state index is -0.193. The SMILES string of the molecule is CC(=O)Nc1ccc(NC(=O)C(C)=C2CNC2)cc1Cl. The molecular formula is C14H16ClN3O2. The Morgan fingerprint density at radius 3 is 2.40 bits per heavy atom. The van der Waals surface area contributed by atoms with Crippen molar-refractivity contribution in [1.29, 1.82) is 0 Å². The number of carbonyl (C=O) groups excluding carboxylic acids is 2. The second kappa shape index (κ2) is 6.07. The van der Waals surface area contributed by atoms with Gasteiger partial charge in [0.15, 0.2) is 0 Å². The molecule has 0 saturated carbocycles. The molecule has 0 atom stereocenters. The first kappa shape index (κ1) is 14.6. The maximum atomic E-state index is 12.0. The lowest BCUT2D eigenvalue weighted by atomic mass is 10.0. The van der Waals surface area contributed by atoms with Gasteiger partial charge in [-0.15, -0.1) is 0 Å². The van der Waals surface area contributed by atoms with Gasteiger partial charge in [0.05, 0.1) is 10.7 Å². The minimum Gasteiger partial charge on any atom is -0.325 e. The molecule has 0 unspecified atom stereocenters.